The van der Waals surface area contributed by atoms with Crippen LogP contribution in [-0.2, 0) is 6.54 Å². The smallest absolute Gasteiger partial charge is 0.389 e. The molecular formula is C13H18F3N3O. The summed E-state index contributed by atoms with van der Waals surface area (Å²) < 4.78 is 35.7. The SMILES string of the molecule is N/C(=N/O)c1ccc(CNCCCCC(F)(F)F)cc1. The van der Waals surface area contributed by atoms with Crippen LogP contribution in [0.15, 0.2) is 29.4 Å². The lowest BCUT2D eigenvalue weighted by Gasteiger charge is -2.07. The van der Waals surface area contributed by atoms with Gasteiger partial charge in [0.05, 0.1) is 0 Å². The van der Waals surface area contributed by atoms with Crippen molar-refractivity contribution < 1.29 is 18.4 Å². The lowest BCUT2D eigenvalue weighted by atomic mass is 10.1. The van der Waals surface area contributed by atoms with E-state index >= 15 is 0 Å². The zero-order valence-electron chi connectivity index (χ0n) is 11.0. The second-order valence-electron chi connectivity index (χ2n) is 4.43. The van der Waals surface area contributed by atoms with Gasteiger partial charge < -0.3 is 16.3 Å². The van der Waals surface area contributed by atoms with Crippen LogP contribution in [-0.4, -0.2) is 23.8 Å². The zero-order valence-corrected chi connectivity index (χ0v) is 11.0. The maximum absolute atomic E-state index is 11.9. The predicted molar refractivity (Wildman–Crippen MR) is 70.6 cm³/mol. The Morgan fingerprint density at radius 2 is 1.85 bits per heavy atom. The summed E-state index contributed by atoms with van der Waals surface area (Å²) in [6.07, 6.45) is -4.17. The molecule has 1 aromatic rings. The summed E-state index contributed by atoms with van der Waals surface area (Å²) in [6, 6.07) is 7.07. The number of amidine groups is 1. The first kappa shape index (κ1) is 16.3. The number of nitrogens with one attached hydrogen (secondary N) is 1. The number of halogens is 3. The molecule has 1 rings (SSSR count). The lowest BCUT2D eigenvalue weighted by Crippen LogP contribution is -2.16. The summed E-state index contributed by atoms with van der Waals surface area (Å²) >= 11 is 0. The molecule has 0 spiro atoms. The second kappa shape index (κ2) is 7.74. The van der Waals surface area contributed by atoms with Gasteiger partial charge in [-0.15, -0.1) is 0 Å². The standard InChI is InChI=1S/C13H18F3N3O/c14-13(15,16)7-1-2-8-18-9-10-3-5-11(6-4-10)12(17)19-20/h3-6,18,20H,1-2,7-9H2,(H2,17,19). The summed E-state index contributed by atoms with van der Waals surface area (Å²) in [5.74, 6) is 0.0386. The number of unbranched alkanes of at least 4 members (excludes halogenated alkanes) is 1. The fourth-order valence-electron chi connectivity index (χ4n) is 1.66. The maximum Gasteiger partial charge on any atom is 0.389 e. The monoisotopic (exact) mass is 289 g/mol. The van der Waals surface area contributed by atoms with Gasteiger partial charge in [-0.1, -0.05) is 29.4 Å². The highest BCUT2D eigenvalue weighted by Gasteiger charge is 2.25. The van der Waals surface area contributed by atoms with E-state index in [0.717, 1.165) is 5.56 Å². The molecule has 1 aromatic carbocycles. The number of benzene rings is 1. The number of nitrogens with zero attached hydrogens (tertiary/aromatic N) is 1. The highest BCUT2D eigenvalue weighted by molar-refractivity contribution is 5.96. The molecule has 20 heavy (non-hydrogen) atoms. The Hall–Kier alpha value is -1.76. The average Bonchev–Trinajstić information content (AvgIpc) is 2.41. The van der Waals surface area contributed by atoms with E-state index in [1.807, 2.05) is 12.1 Å². The Morgan fingerprint density at radius 3 is 2.40 bits per heavy atom. The molecule has 0 radical (unpaired) electrons. The van der Waals surface area contributed by atoms with Gasteiger partial charge in [-0.05, 0) is 24.9 Å². The van der Waals surface area contributed by atoms with E-state index in [0.29, 0.717) is 25.1 Å². The topological polar surface area (TPSA) is 70.6 Å². The van der Waals surface area contributed by atoms with Crippen LogP contribution >= 0.6 is 0 Å². The molecule has 0 aliphatic carbocycles. The summed E-state index contributed by atoms with van der Waals surface area (Å²) in [5.41, 5.74) is 7.02. The Balaban J connectivity index is 2.23. The van der Waals surface area contributed by atoms with Gasteiger partial charge in [0.25, 0.3) is 0 Å². The van der Waals surface area contributed by atoms with Crippen molar-refractivity contribution in [3.63, 3.8) is 0 Å². The van der Waals surface area contributed by atoms with Crippen LogP contribution in [0.5, 0.6) is 0 Å². The molecule has 0 aromatic heterocycles. The summed E-state index contributed by atoms with van der Waals surface area (Å²) in [6.45, 7) is 1.11. The molecule has 0 heterocycles. The first-order valence-corrected chi connectivity index (χ1v) is 6.26. The maximum atomic E-state index is 11.9. The van der Waals surface area contributed by atoms with Gasteiger partial charge in [0, 0.05) is 18.5 Å². The Morgan fingerprint density at radius 1 is 1.20 bits per heavy atom. The molecule has 4 nitrogen and oxygen atoms in total. The van der Waals surface area contributed by atoms with E-state index in [-0.39, 0.29) is 12.3 Å². The highest BCUT2D eigenvalue weighted by atomic mass is 19.4. The minimum absolute atomic E-state index is 0.0386. The number of alkyl halides is 3. The van der Waals surface area contributed by atoms with Gasteiger partial charge in [0.15, 0.2) is 5.84 Å². The van der Waals surface area contributed by atoms with Gasteiger partial charge in [0.2, 0.25) is 0 Å². The third kappa shape index (κ3) is 6.42. The molecule has 0 saturated carbocycles. The van der Waals surface area contributed by atoms with Crippen LogP contribution in [0.2, 0.25) is 0 Å². The fourth-order valence-corrected chi connectivity index (χ4v) is 1.66. The van der Waals surface area contributed by atoms with Crippen molar-refractivity contribution >= 4 is 5.84 Å². The van der Waals surface area contributed by atoms with E-state index in [9.17, 15) is 13.2 Å². The molecule has 0 saturated heterocycles. The van der Waals surface area contributed by atoms with Crippen molar-refractivity contribution in [2.75, 3.05) is 6.54 Å². The Bertz CT molecular complexity index is 429. The summed E-state index contributed by atoms with van der Waals surface area (Å²) in [5, 5.41) is 14.5. The van der Waals surface area contributed by atoms with E-state index < -0.39 is 12.6 Å². The van der Waals surface area contributed by atoms with Gasteiger partial charge >= 0.3 is 6.18 Å². The second-order valence-corrected chi connectivity index (χ2v) is 4.43. The third-order valence-corrected chi connectivity index (χ3v) is 2.75. The Kier molecular flexibility index (Phi) is 6.30. The molecule has 112 valence electrons. The van der Waals surface area contributed by atoms with Crippen molar-refractivity contribution in [1.82, 2.24) is 5.32 Å². The largest absolute Gasteiger partial charge is 0.409 e. The third-order valence-electron chi connectivity index (χ3n) is 2.75. The highest BCUT2D eigenvalue weighted by Crippen LogP contribution is 2.21. The molecule has 0 atom stereocenters. The first-order valence-electron chi connectivity index (χ1n) is 6.26. The van der Waals surface area contributed by atoms with Crippen LogP contribution in [0.4, 0.5) is 13.2 Å². The van der Waals surface area contributed by atoms with Crippen molar-refractivity contribution in [1.29, 1.82) is 0 Å². The van der Waals surface area contributed by atoms with Crippen molar-refractivity contribution in [3.8, 4) is 0 Å². The van der Waals surface area contributed by atoms with E-state index in [2.05, 4.69) is 10.5 Å². The number of oxime groups is 1. The van der Waals surface area contributed by atoms with Gasteiger partial charge in [-0.3, -0.25) is 0 Å². The molecular weight excluding hydrogens is 271 g/mol. The summed E-state index contributed by atoms with van der Waals surface area (Å²) in [4.78, 5) is 0. The fraction of sp³-hybridized carbons (Fsp3) is 0.462. The van der Waals surface area contributed by atoms with Crippen LogP contribution in [0.1, 0.15) is 30.4 Å². The van der Waals surface area contributed by atoms with Crippen LogP contribution in [0.3, 0.4) is 0 Å². The van der Waals surface area contributed by atoms with Crippen molar-refractivity contribution in [3.05, 3.63) is 35.4 Å². The van der Waals surface area contributed by atoms with E-state index in [1.165, 1.54) is 0 Å². The quantitative estimate of drug-likeness (QED) is 0.237. The molecule has 0 bridgehead atoms. The Labute approximate surface area is 115 Å². The minimum Gasteiger partial charge on any atom is -0.409 e. The van der Waals surface area contributed by atoms with Crippen LogP contribution in [0.25, 0.3) is 0 Å². The number of rotatable bonds is 7. The lowest BCUT2D eigenvalue weighted by molar-refractivity contribution is -0.135. The first-order chi connectivity index (χ1) is 9.42. The zero-order chi connectivity index (χ0) is 15.0. The number of nitrogens with two attached hydrogens (primary N) is 1. The van der Waals surface area contributed by atoms with Gasteiger partial charge in [0.1, 0.15) is 0 Å². The van der Waals surface area contributed by atoms with E-state index in [4.69, 9.17) is 10.9 Å². The van der Waals surface area contributed by atoms with Gasteiger partial charge in [-0.25, -0.2) is 0 Å². The summed E-state index contributed by atoms with van der Waals surface area (Å²) in [7, 11) is 0. The number of hydrogen-bond donors (Lipinski definition) is 3. The van der Waals surface area contributed by atoms with Gasteiger partial charge in [-0.2, -0.15) is 13.2 Å². The van der Waals surface area contributed by atoms with Crippen LogP contribution in [0, 0.1) is 0 Å². The van der Waals surface area contributed by atoms with Crippen LogP contribution < -0.4 is 11.1 Å². The molecule has 0 aliphatic heterocycles. The number of hydrogen-bond acceptors (Lipinski definition) is 3. The molecule has 4 N–H and O–H groups in total. The average molecular weight is 289 g/mol. The van der Waals surface area contributed by atoms with E-state index in [1.54, 1.807) is 12.1 Å². The predicted octanol–water partition coefficient (Wildman–Crippen LogP) is 2.60. The minimum atomic E-state index is -4.07. The molecule has 7 heteroatoms. The van der Waals surface area contributed by atoms with Crippen molar-refractivity contribution in [2.45, 2.75) is 32.0 Å². The molecule has 0 fully saturated rings. The molecule has 0 aliphatic rings. The normalized spacial score (nSPS) is 12.7. The van der Waals surface area contributed by atoms with Crippen molar-refractivity contribution in [2.24, 2.45) is 10.9 Å². The molecule has 0 amide bonds. The molecule has 0 unspecified atom stereocenters.